The highest BCUT2D eigenvalue weighted by Crippen LogP contribution is 2.35. The number of ketones is 1. The Kier molecular flexibility index (Phi) is 5.82. The summed E-state index contributed by atoms with van der Waals surface area (Å²) in [6.45, 7) is 10.8. The highest BCUT2D eigenvalue weighted by atomic mass is 16.5. The van der Waals surface area contributed by atoms with Crippen molar-refractivity contribution >= 4 is 5.78 Å². The van der Waals surface area contributed by atoms with Gasteiger partial charge in [0, 0.05) is 23.1 Å². The second-order valence-electron chi connectivity index (χ2n) is 9.53. The smallest absolute Gasteiger partial charge is 0.163 e. The Morgan fingerprint density at radius 1 is 1.10 bits per heavy atom. The number of nitrogens with one attached hydrogen (secondary N) is 1. The van der Waals surface area contributed by atoms with E-state index in [2.05, 4.69) is 39.1 Å². The Bertz CT molecular complexity index is 920. The molecule has 0 bridgehead atoms. The van der Waals surface area contributed by atoms with E-state index in [9.17, 15) is 10.1 Å². The number of nitrogens with zero attached hydrogens (tertiary/aromatic N) is 1. The first-order chi connectivity index (χ1) is 13.6. The van der Waals surface area contributed by atoms with Crippen molar-refractivity contribution in [3.8, 4) is 17.6 Å². The van der Waals surface area contributed by atoms with Crippen molar-refractivity contribution in [3.05, 3.63) is 59.2 Å². The van der Waals surface area contributed by atoms with Crippen molar-refractivity contribution in [1.82, 2.24) is 5.32 Å². The van der Waals surface area contributed by atoms with Gasteiger partial charge in [-0.05, 0) is 95.3 Å². The summed E-state index contributed by atoms with van der Waals surface area (Å²) in [6, 6.07) is 14.9. The fourth-order valence-corrected chi connectivity index (χ4v) is 4.70. The average Bonchev–Trinajstić information content (AvgIpc) is 2.59. The molecular formula is C25H30N2O2. The van der Waals surface area contributed by atoms with Crippen LogP contribution >= 0.6 is 0 Å². The molecule has 0 saturated carbocycles. The van der Waals surface area contributed by atoms with Gasteiger partial charge in [0.05, 0.1) is 5.56 Å². The lowest BCUT2D eigenvalue weighted by Crippen LogP contribution is -2.57. The van der Waals surface area contributed by atoms with Crippen LogP contribution in [0.1, 0.15) is 68.4 Å². The minimum atomic E-state index is 0.0384. The summed E-state index contributed by atoms with van der Waals surface area (Å²) >= 11 is 0. The number of ether oxygens (including phenoxy) is 1. The summed E-state index contributed by atoms with van der Waals surface area (Å²) in [6.07, 6.45) is 2.55. The molecule has 0 amide bonds. The number of rotatable bonds is 5. The predicted octanol–water partition coefficient (Wildman–Crippen LogP) is 5.79. The number of carbonyl (C=O) groups is 1. The minimum absolute atomic E-state index is 0.0384. The Labute approximate surface area is 173 Å². The molecule has 3 rings (SSSR count). The molecule has 1 heterocycles. The van der Waals surface area contributed by atoms with Crippen LogP contribution in [0.5, 0.6) is 11.5 Å². The van der Waals surface area contributed by atoms with Crippen LogP contribution in [0.2, 0.25) is 0 Å². The molecule has 1 aliphatic rings. The molecule has 4 nitrogen and oxygen atoms in total. The predicted molar refractivity (Wildman–Crippen MR) is 115 cm³/mol. The molecule has 1 N–H and O–H groups in total. The van der Waals surface area contributed by atoms with Gasteiger partial charge in [0.15, 0.2) is 5.78 Å². The fraction of sp³-hybridized carbons (Fsp3) is 0.440. The molecule has 1 aliphatic heterocycles. The van der Waals surface area contributed by atoms with E-state index in [4.69, 9.17) is 4.74 Å². The third-order valence-electron chi connectivity index (χ3n) is 5.41. The van der Waals surface area contributed by atoms with Gasteiger partial charge in [-0.1, -0.05) is 6.07 Å². The van der Waals surface area contributed by atoms with Crippen molar-refractivity contribution in [3.63, 3.8) is 0 Å². The number of benzene rings is 2. The Hall–Kier alpha value is -2.64. The van der Waals surface area contributed by atoms with Crippen LogP contribution in [0.4, 0.5) is 0 Å². The number of Topliss-reactive ketones (excluding diaryl/α,β-unsaturated/α-hetero) is 1. The van der Waals surface area contributed by atoms with Crippen molar-refractivity contribution in [2.75, 3.05) is 0 Å². The van der Waals surface area contributed by atoms with E-state index in [0.29, 0.717) is 35.0 Å². The lowest BCUT2D eigenvalue weighted by molar-refractivity contribution is 0.0864. The third kappa shape index (κ3) is 5.46. The van der Waals surface area contributed by atoms with Gasteiger partial charge >= 0.3 is 0 Å². The summed E-state index contributed by atoms with van der Waals surface area (Å²) in [7, 11) is 0. The highest BCUT2D eigenvalue weighted by Gasteiger charge is 2.38. The monoisotopic (exact) mass is 390 g/mol. The topological polar surface area (TPSA) is 62.1 Å². The summed E-state index contributed by atoms with van der Waals surface area (Å²) in [5.74, 6) is 1.69. The molecule has 2 aromatic carbocycles. The molecule has 2 aromatic rings. The standard InChI is InChI=1S/C25H30N2O2/c1-17-6-7-20(16-26)23(12-17)29-21-10-8-19(9-11-21)22(28)13-18-14-24(2,3)27-25(4,5)15-18/h6-12,18,27H,13-15H2,1-5H3. The molecule has 0 spiro atoms. The van der Waals surface area contributed by atoms with E-state index in [0.717, 1.165) is 18.4 Å². The second-order valence-corrected chi connectivity index (χ2v) is 9.53. The van der Waals surface area contributed by atoms with Gasteiger partial charge in [0.1, 0.15) is 17.6 Å². The number of aryl methyl sites for hydroxylation is 1. The van der Waals surface area contributed by atoms with E-state index in [-0.39, 0.29) is 16.9 Å². The normalized spacial score (nSPS) is 18.1. The maximum Gasteiger partial charge on any atom is 0.163 e. The molecule has 0 aromatic heterocycles. The summed E-state index contributed by atoms with van der Waals surface area (Å²) in [4.78, 5) is 12.8. The minimum Gasteiger partial charge on any atom is -0.456 e. The highest BCUT2D eigenvalue weighted by molar-refractivity contribution is 5.96. The zero-order valence-corrected chi connectivity index (χ0v) is 18.0. The van der Waals surface area contributed by atoms with Gasteiger partial charge in [-0.25, -0.2) is 0 Å². The lowest BCUT2D eigenvalue weighted by Gasteiger charge is -2.46. The first-order valence-corrected chi connectivity index (χ1v) is 10.2. The van der Waals surface area contributed by atoms with Crippen LogP contribution in [-0.4, -0.2) is 16.9 Å². The van der Waals surface area contributed by atoms with Crippen molar-refractivity contribution in [2.45, 2.75) is 65.0 Å². The van der Waals surface area contributed by atoms with Crippen LogP contribution in [0.25, 0.3) is 0 Å². The molecular weight excluding hydrogens is 360 g/mol. The van der Waals surface area contributed by atoms with Crippen LogP contribution < -0.4 is 10.1 Å². The molecule has 4 heteroatoms. The van der Waals surface area contributed by atoms with E-state index in [1.54, 1.807) is 18.2 Å². The summed E-state index contributed by atoms with van der Waals surface area (Å²) < 4.78 is 5.88. The molecule has 29 heavy (non-hydrogen) atoms. The number of hydrogen-bond acceptors (Lipinski definition) is 4. The fourth-order valence-electron chi connectivity index (χ4n) is 4.70. The maximum absolute atomic E-state index is 12.8. The van der Waals surface area contributed by atoms with Crippen LogP contribution in [0, 0.1) is 24.2 Å². The molecule has 0 atom stereocenters. The molecule has 1 fully saturated rings. The van der Waals surface area contributed by atoms with E-state index >= 15 is 0 Å². The molecule has 152 valence electrons. The average molecular weight is 391 g/mol. The van der Waals surface area contributed by atoms with Gasteiger partial charge in [-0.3, -0.25) is 4.79 Å². The first-order valence-electron chi connectivity index (χ1n) is 10.2. The zero-order chi connectivity index (χ0) is 21.2. The van der Waals surface area contributed by atoms with Crippen LogP contribution in [0.3, 0.4) is 0 Å². The lowest BCUT2D eigenvalue weighted by atomic mass is 9.74. The molecule has 0 radical (unpaired) electrons. The first kappa shape index (κ1) is 21.1. The Morgan fingerprint density at radius 3 is 2.31 bits per heavy atom. The van der Waals surface area contributed by atoms with E-state index < -0.39 is 0 Å². The van der Waals surface area contributed by atoms with E-state index in [1.807, 2.05) is 31.2 Å². The Balaban J connectivity index is 1.68. The number of hydrogen-bond donors (Lipinski definition) is 1. The van der Waals surface area contributed by atoms with Crippen LogP contribution in [0.15, 0.2) is 42.5 Å². The third-order valence-corrected chi connectivity index (χ3v) is 5.41. The molecule has 0 aliphatic carbocycles. The SMILES string of the molecule is Cc1ccc(C#N)c(Oc2ccc(C(=O)CC3CC(C)(C)NC(C)(C)C3)cc2)c1. The van der Waals surface area contributed by atoms with Crippen LogP contribution in [-0.2, 0) is 0 Å². The van der Waals surface area contributed by atoms with Crippen molar-refractivity contribution in [1.29, 1.82) is 5.26 Å². The van der Waals surface area contributed by atoms with Gasteiger partial charge in [0.25, 0.3) is 0 Å². The van der Waals surface area contributed by atoms with E-state index in [1.165, 1.54) is 0 Å². The summed E-state index contributed by atoms with van der Waals surface area (Å²) in [5.41, 5.74) is 2.30. The quantitative estimate of drug-likeness (QED) is 0.657. The maximum atomic E-state index is 12.8. The van der Waals surface area contributed by atoms with Crippen molar-refractivity contribution in [2.24, 2.45) is 5.92 Å². The number of nitriles is 1. The summed E-state index contributed by atoms with van der Waals surface area (Å²) in [5, 5.41) is 12.9. The van der Waals surface area contributed by atoms with Gasteiger partial charge in [0.2, 0.25) is 0 Å². The van der Waals surface area contributed by atoms with Crippen molar-refractivity contribution < 1.29 is 9.53 Å². The van der Waals surface area contributed by atoms with Gasteiger partial charge in [-0.2, -0.15) is 5.26 Å². The number of piperidine rings is 1. The van der Waals surface area contributed by atoms with Gasteiger partial charge < -0.3 is 10.1 Å². The van der Waals surface area contributed by atoms with Gasteiger partial charge in [-0.15, -0.1) is 0 Å². The number of carbonyl (C=O) groups excluding carboxylic acids is 1. The Morgan fingerprint density at radius 2 is 1.72 bits per heavy atom. The largest absolute Gasteiger partial charge is 0.456 e. The molecule has 0 unspecified atom stereocenters. The molecule has 1 saturated heterocycles. The second kappa shape index (κ2) is 8.00. The zero-order valence-electron chi connectivity index (χ0n) is 18.0.